The lowest BCUT2D eigenvalue weighted by Crippen LogP contribution is -2.52. The molecule has 0 aromatic heterocycles. The molecule has 1 saturated heterocycles. The molecule has 1 N–H and O–H groups in total. The largest absolute Gasteiger partial charge is 0.352 e. The summed E-state index contributed by atoms with van der Waals surface area (Å²) in [5.41, 5.74) is -0.733. The third kappa shape index (κ3) is 2.51. The molecule has 0 radical (unpaired) electrons. The summed E-state index contributed by atoms with van der Waals surface area (Å²) in [5, 5.41) is 12.4. The topological polar surface area (TPSA) is 56.1 Å². The fraction of sp³-hybridized carbons (Fsp3) is 0.857. The Labute approximate surface area is 109 Å². The normalized spacial score (nSPS) is 31.8. The smallest absolute Gasteiger partial charge is 0.240 e. The molecule has 1 aliphatic heterocycles. The molecule has 1 heterocycles. The first kappa shape index (κ1) is 13.4. The number of carbonyl (C=O) groups is 1. The first-order valence-corrected chi connectivity index (χ1v) is 6.98. The number of carbonyl (C=O) groups excluding carboxylic acids is 1. The Morgan fingerprint density at radius 1 is 1.44 bits per heavy atom. The lowest BCUT2D eigenvalue weighted by Gasteiger charge is -2.36. The highest BCUT2D eigenvalue weighted by Gasteiger charge is 2.42. The molecule has 2 rings (SSSR count). The van der Waals surface area contributed by atoms with Gasteiger partial charge >= 0.3 is 0 Å². The van der Waals surface area contributed by atoms with Crippen molar-refractivity contribution in [1.82, 2.24) is 10.2 Å². The molecule has 100 valence electrons. The van der Waals surface area contributed by atoms with Crippen LogP contribution >= 0.6 is 0 Å². The highest BCUT2D eigenvalue weighted by molar-refractivity contribution is 5.86. The van der Waals surface area contributed by atoms with Crippen molar-refractivity contribution in [1.29, 1.82) is 5.26 Å². The van der Waals surface area contributed by atoms with Crippen LogP contribution in [0.5, 0.6) is 0 Å². The van der Waals surface area contributed by atoms with E-state index in [2.05, 4.69) is 30.3 Å². The van der Waals surface area contributed by atoms with Crippen molar-refractivity contribution >= 4 is 5.91 Å². The molecule has 1 amide bonds. The van der Waals surface area contributed by atoms with Crippen molar-refractivity contribution in [2.45, 2.75) is 45.1 Å². The minimum absolute atomic E-state index is 0.0242. The van der Waals surface area contributed by atoms with Gasteiger partial charge in [0, 0.05) is 12.6 Å². The van der Waals surface area contributed by atoms with E-state index in [0.717, 1.165) is 45.2 Å². The molecule has 4 heteroatoms. The molecule has 2 unspecified atom stereocenters. The minimum Gasteiger partial charge on any atom is -0.352 e. The predicted molar refractivity (Wildman–Crippen MR) is 69.7 cm³/mol. The molecule has 1 saturated carbocycles. The molecule has 4 nitrogen and oxygen atoms in total. The molecule has 2 fully saturated rings. The fourth-order valence-electron chi connectivity index (χ4n) is 3.24. The van der Waals surface area contributed by atoms with E-state index < -0.39 is 5.41 Å². The number of nitrogens with one attached hydrogen (secondary N) is 1. The summed E-state index contributed by atoms with van der Waals surface area (Å²) in [6, 6.07) is 2.50. The number of piperidine rings is 1. The maximum atomic E-state index is 12.3. The second-order valence-electron chi connectivity index (χ2n) is 6.01. The van der Waals surface area contributed by atoms with Crippen molar-refractivity contribution in [3.63, 3.8) is 0 Å². The van der Waals surface area contributed by atoms with E-state index in [-0.39, 0.29) is 11.9 Å². The molecule has 18 heavy (non-hydrogen) atoms. The molecular weight excluding hydrogens is 226 g/mol. The summed E-state index contributed by atoms with van der Waals surface area (Å²) >= 11 is 0. The molecule has 0 bridgehead atoms. The Morgan fingerprint density at radius 2 is 2.11 bits per heavy atom. The second kappa shape index (κ2) is 5.27. The SMILES string of the molecule is CC1CN(C)CCC1NC(=O)C1(C#N)CCCC1. The van der Waals surface area contributed by atoms with Crippen LogP contribution in [0.2, 0.25) is 0 Å². The summed E-state index contributed by atoms with van der Waals surface area (Å²) in [7, 11) is 2.11. The zero-order valence-corrected chi connectivity index (χ0v) is 11.4. The van der Waals surface area contributed by atoms with Crippen LogP contribution in [0.25, 0.3) is 0 Å². The van der Waals surface area contributed by atoms with Gasteiger partial charge in [0.05, 0.1) is 6.07 Å². The van der Waals surface area contributed by atoms with Crippen LogP contribution in [0.4, 0.5) is 0 Å². The zero-order valence-electron chi connectivity index (χ0n) is 11.4. The summed E-state index contributed by atoms with van der Waals surface area (Å²) in [6.07, 6.45) is 4.46. The van der Waals surface area contributed by atoms with Crippen LogP contribution in [-0.2, 0) is 4.79 Å². The number of amides is 1. The molecule has 1 aliphatic carbocycles. The fourth-order valence-corrected chi connectivity index (χ4v) is 3.24. The summed E-state index contributed by atoms with van der Waals surface area (Å²) in [5.74, 6) is 0.439. The van der Waals surface area contributed by atoms with Crippen LogP contribution in [0.3, 0.4) is 0 Å². The maximum Gasteiger partial charge on any atom is 0.240 e. The quantitative estimate of drug-likeness (QED) is 0.807. The van der Waals surface area contributed by atoms with Gasteiger partial charge in [-0.15, -0.1) is 0 Å². The van der Waals surface area contributed by atoms with Gasteiger partial charge in [0.2, 0.25) is 5.91 Å². The molecule has 0 aromatic carbocycles. The Morgan fingerprint density at radius 3 is 2.67 bits per heavy atom. The number of nitrogens with zero attached hydrogens (tertiary/aromatic N) is 2. The van der Waals surface area contributed by atoms with Gasteiger partial charge in [-0.1, -0.05) is 19.8 Å². The van der Waals surface area contributed by atoms with Gasteiger partial charge < -0.3 is 10.2 Å². The van der Waals surface area contributed by atoms with Gasteiger partial charge in [0.15, 0.2) is 0 Å². The zero-order chi connectivity index (χ0) is 13.2. The van der Waals surface area contributed by atoms with E-state index in [1.165, 1.54) is 0 Å². The van der Waals surface area contributed by atoms with E-state index >= 15 is 0 Å². The van der Waals surface area contributed by atoms with Crippen LogP contribution in [0, 0.1) is 22.7 Å². The lowest BCUT2D eigenvalue weighted by atomic mass is 9.85. The average Bonchev–Trinajstić information content (AvgIpc) is 2.82. The van der Waals surface area contributed by atoms with Gasteiger partial charge in [0.25, 0.3) is 0 Å². The number of nitriles is 1. The van der Waals surface area contributed by atoms with Crippen molar-refractivity contribution in [3.8, 4) is 6.07 Å². The van der Waals surface area contributed by atoms with E-state index in [1.807, 2.05) is 0 Å². The standard InChI is InChI=1S/C14H23N3O/c1-11-9-17(2)8-5-12(11)16-13(18)14(10-15)6-3-4-7-14/h11-12H,3-9H2,1-2H3,(H,16,18). The summed E-state index contributed by atoms with van der Waals surface area (Å²) in [4.78, 5) is 14.6. The second-order valence-corrected chi connectivity index (χ2v) is 6.01. The van der Waals surface area contributed by atoms with Crippen molar-refractivity contribution < 1.29 is 4.79 Å². The highest BCUT2D eigenvalue weighted by Crippen LogP contribution is 2.38. The summed E-state index contributed by atoms with van der Waals surface area (Å²) in [6.45, 7) is 4.22. The number of hydrogen-bond donors (Lipinski definition) is 1. The monoisotopic (exact) mass is 249 g/mol. The number of rotatable bonds is 2. The van der Waals surface area contributed by atoms with Gasteiger partial charge in [-0.05, 0) is 38.8 Å². The molecule has 2 atom stereocenters. The van der Waals surface area contributed by atoms with Gasteiger partial charge in [0.1, 0.15) is 5.41 Å². The maximum absolute atomic E-state index is 12.3. The Hall–Kier alpha value is -1.08. The molecular formula is C14H23N3O. The van der Waals surface area contributed by atoms with E-state index in [0.29, 0.717) is 5.92 Å². The van der Waals surface area contributed by atoms with E-state index in [9.17, 15) is 10.1 Å². The first-order valence-electron chi connectivity index (χ1n) is 6.98. The van der Waals surface area contributed by atoms with Crippen molar-refractivity contribution in [2.75, 3.05) is 20.1 Å². The van der Waals surface area contributed by atoms with Gasteiger partial charge in [-0.3, -0.25) is 4.79 Å². The highest BCUT2D eigenvalue weighted by atomic mass is 16.2. The minimum atomic E-state index is -0.733. The predicted octanol–water partition coefficient (Wildman–Crippen LogP) is 1.53. The first-order chi connectivity index (χ1) is 8.57. The third-order valence-electron chi connectivity index (χ3n) is 4.53. The molecule has 2 aliphatic rings. The average molecular weight is 249 g/mol. The van der Waals surface area contributed by atoms with Crippen molar-refractivity contribution in [2.24, 2.45) is 11.3 Å². The lowest BCUT2D eigenvalue weighted by molar-refractivity contribution is -0.129. The van der Waals surface area contributed by atoms with E-state index in [4.69, 9.17) is 0 Å². The number of likely N-dealkylation sites (tertiary alicyclic amines) is 1. The van der Waals surface area contributed by atoms with Gasteiger partial charge in [-0.25, -0.2) is 0 Å². The van der Waals surface area contributed by atoms with Crippen LogP contribution in [0.1, 0.15) is 39.0 Å². The molecule has 0 spiro atoms. The van der Waals surface area contributed by atoms with Gasteiger partial charge in [-0.2, -0.15) is 5.26 Å². The van der Waals surface area contributed by atoms with Crippen LogP contribution < -0.4 is 5.32 Å². The third-order valence-corrected chi connectivity index (χ3v) is 4.53. The molecule has 0 aromatic rings. The van der Waals surface area contributed by atoms with Crippen LogP contribution in [-0.4, -0.2) is 37.0 Å². The Kier molecular flexibility index (Phi) is 3.91. The Balaban J connectivity index is 1.97. The van der Waals surface area contributed by atoms with Crippen molar-refractivity contribution in [3.05, 3.63) is 0 Å². The van der Waals surface area contributed by atoms with Crippen LogP contribution in [0.15, 0.2) is 0 Å². The van der Waals surface area contributed by atoms with E-state index in [1.54, 1.807) is 0 Å². The Bertz CT molecular complexity index is 355. The summed E-state index contributed by atoms with van der Waals surface area (Å²) < 4.78 is 0. The number of hydrogen-bond acceptors (Lipinski definition) is 3.